The molecule has 6 nitrogen and oxygen atoms in total. The van der Waals surface area contributed by atoms with Gasteiger partial charge in [0, 0.05) is 18.9 Å². The van der Waals surface area contributed by atoms with Crippen LogP contribution in [0.25, 0.3) is 0 Å². The van der Waals surface area contributed by atoms with Gasteiger partial charge in [0.25, 0.3) is 0 Å². The summed E-state index contributed by atoms with van der Waals surface area (Å²) in [6.07, 6.45) is 0.382. The Labute approximate surface area is 137 Å². The summed E-state index contributed by atoms with van der Waals surface area (Å²) in [5.74, 6) is 0.502. The molecule has 8 heteroatoms. The average molecular weight is 338 g/mol. The zero-order valence-corrected chi connectivity index (χ0v) is 14.1. The molecule has 0 aliphatic heterocycles. The van der Waals surface area contributed by atoms with Crippen molar-refractivity contribution in [3.05, 3.63) is 33.0 Å². The minimum Gasteiger partial charge on any atom is -0.349 e. The maximum Gasteiger partial charge on any atom is 0.220 e. The van der Waals surface area contributed by atoms with Crippen molar-refractivity contribution in [1.82, 2.24) is 20.1 Å². The molecule has 0 bridgehead atoms. The number of ketones is 1. The van der Waals surface area contributed by atoms with Crippen molar-refractivity contribution in [1.29, 1.82) is 0 Å². The van der Waals surface area contributed by atoms with Gasteiger partial charge in [-0.3, -0.25) is 14.7 Å². The predicted octanol–water partition coefficient (Wildman–Crippen LogP) is 2.86. The smallest absolute Gasteiger partial charge is 0.220 e. The molecule has 0 fully saturated rings. The van der Waals surface area contributed by atoms with Crippen LogP contribution >= 0.6 is 23.6 Å². The van der Waals surface area contributed by atoms with E-state index in [0.29, 0.717) is 15.5 Å². The summed E-state index contributed by atoms with van der Waals surface area (Å²) in [6, 6.07) is 3.76. The van der Waals surface area contributed by atoms with Crippen LogP contribution in [0.15, 0.2) is 17.5 Å². The molecule has 0 saturated heterocycles. The van der Waals surface area contributed by atoms with Crippen molar-refractivity contribution < 1.29 is 9.59 Å². The molecule has 118 valence electrons. The zero-order valence-electron chi connectivity index (χ0n) is 12.5. The highest BCUT2D eigenvalue weighted by Crippen LogP contribution is 2.12. The van der Waals surface area contributed by atoms with Gasteiger partial charge in [0.2, 0.25) is 5.91 Å². The molecule has 0 radical (unpaired) electrons. The molecule has 22 heavy (non-hydrogen) atoms. The van der Waals surface area contributed by atoms with Crippen molar-refractivity contribution in [2.75, 3.05) is 0 Å². The number of hydrogen-bond acceptors (Lipinski definition) is 5. The molecule has 2 aromatic heterocycles. The predicted molar refractivity (Wildman–Crippen MR) is 87.5 cm³/mol. The lowest BCUT2D eigenvalue weighted by Gasteiger charge is -2.10. The van der Waals surface area contributed by atoms with Gasteiger partial charge in [0.15, 0.2) is 16.4 Å². The highest BCUT2D eigenvalue weighted by Gasteiger charge is 2.12. The van der Waals surface area contributed by atoms with Gasteiger partial charge in [0.1, 0.15) is 0 Å². The normalized spacial score (nSPS) is 10.9. The summed E-state index contributed by atoms with van der Waals surface area (Å²) in [5.41, 5.74) is 0. The van der Waals surface area contributed by atoms with Gasteiger partial charge in [-0.2, -0.15) is 5.10 Å². The highest BCUT2D eigenvalue weighted by atomic mass is 32.1. The Hall–Kier alpha value is -1.80. The maximum absolute atomic E-state index is 11.8. The molecule has 2 aromatic rings. The molecule has 0 saturated carbocycles. The fourth-order valence-corrected chi connectivity index (χ4v) is 3.10. The number of H-pyrrole nitrogens is 1. The van der Waals surface area contributed by atoms with Crippen molar-refractivity contribution in [3.8, 4) is 0 Å². The SMILES string of the molecule is CC(C)n1c(CNC(=O)CCC(=O)c2cccs2)n[nH]c1=S. The minimum atomic E-state index is -0.172. The highest BCUT2D eigenvalue weighted by molar-refractivity contribution is 7.71. The first kappa shape index (κ1) is 16.6. The molecule has 2 rings (SSSR count). The van der Waals surface area contributed by atoms with Gasteiger partial charge in [-0.1, -0.05) is 6.07 Å². The fourth-order valence-electron chi connectivity index (χ4n) is 2.05. The number of Topliss-reactive ketones (excluding diaryl/α,β-unsaturated/α-hetero) is 1. The number of carbonyl (C=O) groups is 2. The lowest BCUT2D eigenvalue weighted by molar-refractivity contribution is -0.121. The molecule has 0 atom stereocenters. The van der Waals surface area contributed by atoms with Crippen LogP contribution in [0.3, 0.4) is 0 Å². The Morgan fingerprint density at radius 1 is 1.45 bits per heavy atom. The number of amides is 1. The van der Waals surface area contributed by atoms with E-state index in [9.17, 15) is 9.59 Å². The molecule has 0 aromatic carbocycles. The van der Waals surface area contributed by atoms with Gasteiger partial charge in [-0.05, 0) is 37.5 Å². The molecular formula is C14H18N4O2S2. The second-order valence-electron chi connectivity index (χ2n) is 5.09. The number of hydrogen-bond donors (Lipinski definition) is 2. The number of aromatic nitrogens is 3. The van der Waals surface area contributed by atoms with Crippen LogP contribution in [0.1, 0.15) is 48.2 Å². The maximum atomic E-state index is 11.8. The van der Waals surface area contributed by atoms with Crippen LogP contribution in [-0.2, 0) is 11.3 Å². The summed E-state index contributed by atoms with van der Waals surface area (Å²) < 4.78 is 2.39. The minimum absolute atomic E-state index is 0.00462. The lowest BCUT2D eigenvalue weighted by Crippen LogP contribution is -2.25. The van der Waals surface area contributed by atoms with Crippen LogP contribution < -0.4 is 5.32 Å². The molecule has 2 heterocycles. The van der Waals surface area contributed by atoms with E-state index in [1.807, 2.05) is 29.9 Å². The van der Waals surface area contributed by atoms with Gasteiger partial charge in [-0.25, -0.2) is 0 Å². The largest absolute Gasteiger partial charge is 0.349 e. The zero-order chi connectivity index (χ0) is 16.1. The molecule has 2 N–H and O–H groups in total. The number of nitrogens with zero attached hydrogens (tertiary/aromatic N) is 2. The Kier molecular flexibility index (Phi) is 5.62. The number of nitrogens with one attached hydrogen (secondary N) is 2. The Morgan fingerprint density at radius 3 is 2.86 bits per heavy atom. The average Bonchev–Trinajstić information content (AvgIpc) is 3.11. The van der Waals surface area contributed by atoms with Crippen molar-refractivity contribution in [2.45, 2.75) is 39.3 Å². The molecule has 0 aliphatic rings. The molecular weight excluding hydrogens is 320 g/mol. The van der Waals surface area contributed by atoms with E-state index in [2.05, 4.69) is 15.5 Å². The van der Waals surface area contributed by atoms with Crippen LogP contribution in [0.4, 0.5) is 0 Å². The topological polar surface area (TPSA) is 79.8 Å². The third-order valence-electron chi connectivity index (χ3n) is 3.11. The van der Waals surface area contributed by atoms with E-state index >= 15 is 0 Å². The quantitative estimate of drug-likeness (QED) is 0.601. The Balaban J connectivity index is 1.83. The van der Waals surface area contributed by atoms with E-state index in [1.165, 1.54) is 11.3 Å². The Bertz CT molecular complexity index is 701. The van der Waals surface area contributed by atoms with E-state index in [1.54, 1.807) is 6.07 Å². The summed E-state index contributed by atoms with van der Waals surface area (Å²) in [4.78, 5) is 24.4. The second kappa shape index (κ2) is 7.46. The van der Waals surface area contributed by atoms with Crippen molar-refractivity contribution in [2.24, 2.45) is 0 Å². The first-order valence-electron chi connectivity index (χ1n) is 6.98. The number of aromatic amines is 1. The molecule has 1 amide bonds. The molecule has 0 aliphatic carbocycles. The van der Waals surface area contributed by atoms with Gasteiger partial charge in [-0.15, -0.1) is 11.3 Å². The van der Waals surface area contributed by atoms with E-state index in [0.717, 1.165) is 0 Å². The first-order valence-corrected chi connectivity index (χ1v) is 8.27. The van der Waals surface area contributed by atoms with E-state index in [-0.39, 0.29) is 37.1 Å². The number of thiophene rings is 1. The lowest BCUT2D eigenvalue weighted by atomic mass is 10.2. The monoisotopic (exact) mass is 338 g/mol. The Morgan fingerprint density at radius 2 is 2.23 bits per heavy atom. The summed E-state index contributed by atoms with van der Waals surface area (Å²) >= 11 is 6.54. The van der Waals surface area contributed by atoms with Crippen LogP contribution in [0, 0.1) is 4.77 Å². The molecule has 0 unspecified atom stereocenters. The summed E-state index contributed by atoms with van der Waals surface area (Å²) in [6.45, 7) is 4.28. The van der Waals surface area contributed by atoms with Gasteiger partial charge in [0.05, 0.1) is 11.4 Å². The number of rotatable bonds is 7. The van der Waals surface area contributed by atoms with Crippen LogP contribution in [0.2, 0.25) is 0 Å². The molecule has 0 spiro atoms. The third kappa shape index (κ3) is 4.11. The first-order chi connectivity index (χ1) is 10.5. The van der Waals surface area contributed by atoms with Gasteiger partial charge >= 0.3 is 0 Å². The number of carbonyl (C=O) groups excluding carboxylic acids is 2. The third-order valence-corrected chi connectivity index (χ3v) is 4.31. The van der Waals surface area contributed by atoms with Crippen LogP contribution in [-0.4, -0.2) is 26.5 Å². The van der Waals surface area contributed by atoms with Crippen molar-refractivity contribution >= 4 is 35.2 Å². The van der Waals surface area contributed by atoms with E-state index < -0.39 is 0 Å². The van der Waals surface area contributed by atoms with Crippen molar-refractivity contribution in [3.63, 3.8) is 0 Å². The van der Waals surface area contributed by atoms with Gasteiger partial charge < -0.3 is 9.88 Å². The fraction of sp³-hybridized carbons (Fsp3) is 0.429. The second-order valence-corrected chi connectivity index (χ2v) is 6.42. The summed E-state index contributed by atoms with van der Waals surface area (Å²) in [5, 5.41) is 11.5. The standard InChI is InChI=1S/C14H18N4O2S2/c1-9(2)18-12(16-17-14(18)21)8-15-13(20)6-5-10(19)11-4-3-7-22-11/h3-4,7,9H,5-6,8H2,1-2H3,(H,15,20)(H,17,21). The van der Waals surface area contributed by atoms with E-state index in [4.69, 9.17) is 12.2 Å². The van der Waals surface area contributed by atoms with Crippen LogP contribution in [0.5, 0.6) is 0 Å². The summed E-state index contributed by atoms with van der Waals surface area (Å²) in [7, 11) is 0.